The normalized spacial score (nSPS) is 20.8. The lowest BCUT2D eigenvalue weighted by molar-refractivity contribution is -0.130. The van der Waals surface area contributed by atoms with Crippen LogP contribution < -0.4 is 10.6 Å². The minimum atomic E-state index is -1.28. The minimum absolute atomic E-state index is 0.0779. The fourth-order valence-corrected chi connectivity index (χ4v) is 6.11. The molecule has 1 aromatic heterocycles. The van der Waals surface area contributed by atoms with Crippen LogP contribution in [-0.4, -0.2) is 49.4 Å². The minimum Gasteiger partial charge on any atom is -0.478 e. The fourth-order valence-electron chi connectivity index (χ4n) is 6.11. The van der Waals surface area contributed by atoms with Gasteiger partial charge in [0, 0.05) is 35.4 Å². The Labute approximate surface area is 237 Å². The Kier molecular flexibility index (Phi) is 7.05. The van der Waals surface area contributed by atoms with Crippen molar-refractivity contribution < 1.29 is 24.6 Å². The quantitative estimate of drug-likeness (QED) is 0.254. The van der Waals surface area contributed by atoms with Crippen LogP contribution in [0.4, 0.5) is 5.69 Å². The number of hydrogen-bond acceptors (Lipinski definition) is 5. The summed E-state index contributed by atoms with van der Waals surface area (Å²) in [4.78, 5) is 37.9. The monoisotopic (exact) mass is 552 g/mol. The van der Waals surface area contributed by atoms with Gasteiger partial charge in [-0.2, -0.15) is 5.10 Å². The molecular formula is C32H32N4O5. The Morgan fingerprint density at radius 2 is 1.56 bits per heavy atom. The van der Waals surface area contributed by atoms with Crippen LogP contribution in [0.3, 0.4) is 0 Å². The second-order valence-electron chi connectivity index (χ2n) is 11.1. The maximum atomic E-state index is 13.5. The van der Waals surface area contributed by atoms with Crippen molar-refractivity contribution in [2.75, 3.05) is 5.32 Å². The summed E-state index contributed by atoms with van der Waals surface area (Å²) >= 11 is 0. The number of carbonyl (C=O) groups is 3. The van der Waals surface area contributed by atoms with Crippen molar-refractivity contribution in [2.45, 2.75) is 62.5 Å². The Hall–Kier alpha value is -4.50. The second-order valence-corrected chi connectivity index (χ2v) is 11.1. The van der Waals surface area contributed by atoms with E-state index in [0.29, 0.717) is 22.7 Å². The Morgan fingerprint density at radius 3 is 2.22 bits per heavy atom. The molecule has 0 spiro atoms. The third-order valence-electron chi connectivity index (χ3n) is 8.31. The Balaban J connectivity index is 1.27. The standard InChI is InChI=1S/C32H32N4O5/c37-25-18-32(19-25,31(41)33-23-14-11-21(12-15-23)30(39)40)34-29(38)22-13-16-26-27(17-22)35-36(24-9-5-2-6-10-24)28(26)20-7-3-1-4-8-20/h2,5-6,9-17,20,25,37H,1,3-4,7-8,18-19H2,(H,33,41)(H,34,38)(H,39,40). The Morgan fingerprint density at radius 1 is 0.878 bits per heavy atom. The summed E-state index contributed by atoms with van der Waals surface area (Å²) in [6.45, 7) is 0. The second kappa shape index (κ2) is 10.8. The number of hydrogen-bond donors (Lipinski definition) is 4. The molecule has 2 amide bonds. The molecule has 4 aromatic rings. The van der Waals surface area contributed by atoms with E-state index in [-0.39, 0.29) is 18.4 Å². The molecule has 4 N–H and O–H groups in total. The van der Waals surface area contributed by atoms with E-state index in [9.17, 15) is 19.5 Å². The number of nitrogens with one attached hydrogen (secondary N) is 2. The Bertz CT molecular complexity index is 1600. The van der Waals surface area contributed by atoms with Gasteiger partial charge in [-0.15, -0.1) is 0 Å². The molecule has 2 aliphatic rings. The van der Waals surface area contributed by atoms with E-state index in [4.69, 9.17) is 10.2 Å². The molecule has 2 aliphatic carbocycles. The van der Waals surface area contributed by atoms with Gasteiger partial charge in [-0.3, -0.25) is 9.59 Å². The van der Waals surface area contributed by atoms with Crippen molar-refractivity contribution in [3.63, 3.8) is 0 Å². The summed E-state index contributed by atoms with van der Waals surface area (Å²) in [6.07, 6.45) is 5.28. The molecule has 9 nitrogen and oxygen atoms in total. The number of carboxylic acids is 1. The average molecular weight is 553 g/mol. The van der Waals surface area contributed by atoms with Crippen molar-refractivity contribution in [2.24, 2.45) is 0 Å². The van der Waals surface area contributed by atoms with E-state index >= 15 is 0 Å². The topological polar surface area (TPSA) is 134 Å². The number of carboxylic acid groups (broad SMARTS) is 1. The number of benzene rings is 3. The molecule has 6 rings (SSSR count). The van der Waals surface area contributed by atoms with Gasteiger partial charge in [0.1, 0.15) is 5.54 Å². The number of fused-ring (bicyclic) bond motifs is 1. The van der Waals surface area contributed by atoms with Crippen LogP contribution in [0.1, 0.15) is 77.3 Å². The molecule has 2 fully saturated rings. The molecule has 210 valence electrons. The SMILES string of the molecule is O=C(O)c1ccc(NC(=O)C2(NC(=O)c3ccc4c(C5CCCCC5)n(-c5ccccc5)nc4c3)CC(O)C2)cc1. The van der Waals surface area contributed by atoms with Gasteiger partial charge in [0.05, 0.1) is 28.6 Å². The van der Waals surface area contributed by atoms with E-state index in [0.717, 1.165) is 23.9 Å². The number of anilines is 1. The van der Waals surface area contributed by atoms with Crippen molar-refractivity contribution in [1.82, 2.24) is 15.1 Å². The van der Waals surface area contributed by atoms with Crippen LogP contribution in [0.25, 0.3) is 16.6 Å². The van der Waals surface area contributed by atoms with Gasteiger partial charge in [0.15, 0.2) is 0 Å². The average Bonchev–Trinajstić information content (AvgIpc) is 3.36. The zero-order chi connectivity index (χ0) is 28.6. The van der Waals surface area contributed by atoms with Gasteiger partial charge in [-0.05, 0) is 61.4 Å². The number of aromatic carboxylic acids is 1. The first-order valence-electron chi connectivity index (χ1n) is 14.1. The number of rotatable bonds is 7. The number of aliphatic hydroxyl groups is 1. The number of amides is 2. The zero-order valence-electron chi connectivity index (χ0n) is 22.5. The van der Waals surface area contributed by atoms with E-state index in [1.807, 2.05) is 41.1 Å². The summed E-state index contributed by atoms with van der Waals surface area (Å²) in [7, 11) is 0. The summed E-state index contributed by atoms with van der Waals surface area (Å²) in [5, 5.41) is 30.8. The van der Waals surface area contributed by atoms with Gasteiger partial charge >= 0.3 is 5.97 Å². The first kappa shape index (κ1) is 26.7. The van der Waals surface area contributed by atoms with Gasteiger partial charge in [-0.1, -0.05) is 43.5 Å². The van der Waals surface area contributed by atoms with Crippen LogP contribution >= 0.6 is 0 Å². The van der Waals surface area contributed by atoms with E-state index in [1.54, 1.807) is 12.1 Å². The number of nitrogens with zero attached hydrogens (tertiary/aromatic N) is 2. The van der Waals surface area contributed by atoms with Crippen molar-refractivity contribution in [3.8, 4) is 5.69 Å². The molecule has 0 bridgehead atoms. The molecule has 0 atom stereocenters. The van der Waals surface area contributed by atoms with Crippen molar-refractivity contribution in [3.05, 3.63) is 89.6 Å². The van der Waals surface area contributed by atoms with Gasteiger partial charge < -0.3 is 20.8 Å². The number of para-hydroxylation sites is 1. The van der Waals surface area contributed by atoms with Gasteiger partial charge in [0.2, 0.25) is 5.91 Å². The highest BCUT2D eigenvalue weighted by molar-refractivity contribution is 6.05. The van der Waals surface area contributed by atoms with Crippen LogP contribution in [0.5, 0.6) is 0 Å². The highest BCUT2D eigenvalue weighted by Gasteiger charge is 2.51. The molecule has 0 saturated heterocycles. The van der Waals surface area contributed by atoms with E-state index < -0.39 is 29.4 Å². The number of aliphatic hydroxyl groups excluding tert-OH is 1. The molecule has 0 unspecified atom stereocenters. The lowest BCUT2D eigenvalue weighted by Crippen LogP contribution is -2.65. The molecule has 1 heterocycles. The summed E-state index contributed by atoms with van der Waals surface area (Å²) in [6, 6.07) is 21.3. The van der Waals surface area contributed by atoms with E-state index in [1.165, 1.54) is 49.2 Å². The van der Waals surface area contributed by atoms with Crippen LogP contribution in [0.15, 0.2) is 72.8 Å². The lowest BCUT2D eigenvalue weighted by atomic mass is 9.73. The van der Waals surface area contributed by atoms with Crippen LogP contribution in [0, 0.1) is 0 Å². The predicted molar refractivity (Wildman–Crippen MR) is 154 cm³/mol. The molecule has 0 aliphatic heterocycles. The van der Waals surface area contributed by atoms with Crippen molar-refractivity contribution >= 4 is 34.4 Å². The third-order valence-corrected chi connectivity index (χ3v) is 8.31. The molecule has 41 heavy (non-hydrogen) atoms. The predicted octanol–water partition coefficient (Wildman–Crippen LogP) is 5.03. The highest BCUT2D eigenvalue weighted by Crippen LogP contribution is 2.38. The lowest BCUT2D eigenvalue weighted by Gasteiger charge is -2.44. The third kappa shape index (κ3) is 5.20. The van der Waals surface area contributed by atoms with Crippen molar-refractivity contribution in [1.29, 1.82) is 0 Å². The summed E-state index contributed by atoms with van der Waals surface area (Å²) in [5.74, 6) is -1.57. The van der Waals surface area contributed by atoms with Gasteiger partial charge in [0.25, 0.3) is 5.91 Å². The van der Waals surface area contributed by atoms with E-state index in [2.05, 4.69) is 10.6 Å². The summed E-state index contributed by atoms with van der Waals surface area (Å²) < 4.78 is 2.01. The van der Waals surface area contributed by atoms with Gasteiger partial charge in [-0.25, -0.2) is 9.48 Å². The highest BCUT2D eigenvalue weighted by atomic mass is 16.4. The molecule has 0 radical (unpaired) electrons. The van der Waals surface area contributed by atoms with Crippen LogP contribution in [-0.2, 0) is 4.79 Å². The number of carbonyl (C=O) groups excluding carboxylic acids is 2. The largest absolute Gasteiger partial charge is 0.478 e. The molecular weight excluding hydrogens is 520 g/mol. The maximum absolute atomic E-state index is 13.5. The molecule has 3 aromatic carbocycles. The molecule has 2 saturated carbocycles. The maximum Gasteiger partial charge on any atom is 0.335 e. The summed E-state index contributed by atoms with van der Waals surface area (Å²) in [5.41, 5.74) is 2.46. The zero-order valence-corrected chi connectivity index (χ0v) is 22.5. The fraction of sp³-hybridized carbons (Fsp3) is 0.312. The van der Waals surface area contributed by atoms with Crippen LogP contribution in [0.2, 0.25) is 0 Å². The smallest absolute Gasteiger partial charge is 0.335 e. The first-order valence-corrected chi connectivity index (χ1v) is 14.1. The molecule has 9 heteroatoms. The number of aromatic nitrogens is 2. The first-order chi connectivity index (χ1) is 19.8.